The number of amides is 1. The molecule has 2 aromatic rings. The van der Waals surface area contributed by atoms with Gasteiger partial charge in [-0.2, -0.15) is 0 Å². The van der Waals surface area contributed by atoms with Crippen LogP contribution in [0.25, 0.3) is 0 Å². The summed E-state index contributed by atoms with van der Waals surface area (Å²) in [5.41, 5.74) is 1.05. The summed E-state index contributed by atoms with van der Waals surface area (Å²) in [6.07, 6.45) is 1.57. The van der Waals surface area contributed by atoms with Gasteiger partial charge in [0.1, 0.15) is 18.0 Å². The first-order valence-electron chi connectivity index (χ1n) is 8.79. The van der Waals surface area contributed by atoms with Crippen LogP contribution < -0.4 is 10.1 Å². The maximum absolute atomic E-state index is 12.5. The zero-order valence-electron chi connectivity index (χ0n) is 15.2. The van der Waals surface area contributed by atoms with Crippen molar-refractivity contribution in [2.24, 2.45) is 0 Å². The maximum atomic E-state index is 12.5. The Balaban J connectivity index is 1.94. The van der Waals surface area contributed by atoms with E-state index in [1.54, 1.807) is 0 Å². The molecule has 2 aromatic carbocycles. The molecular weight excluding hydrogens is 314 g/mol. The second kappa shape index (κ2) is 9.23. The molecule has 0 saturated heterocycles. The van der Waals surface area contributed by atoms with Crippen molar-refractivity contribution in [3.8, 4) is 5.75 Å². The van der Waals surface area contributed by atoms with E-state index < -0.39 is 5.60 Å². The van der Waals surface area contributed by atoms with Gasteiger partial charge in [-0.25, -0.2) is 0 Å². The van der Waals surface area contributed by atoms with Crippen LogP contribution in [0.4, 0.5) is 5.69 Å². The molecule has 0 fully saturated rings. The lowest BCUT2D eigenvalue weighted by Gasteiger charge is -2.27. The van der Waals surface area contributed by atoms with Crippen molar-refractivity contribution in [3.63, 3.8) is 0 Å². The van der Waals surface area contributed by atoms with E-state index >= 15 is 0 Å². The monoisotopic (exact) mass is 341 g/mol. The highest BCUT2D eigenvalue weighted by Crippen LogP contribution is 2.22. The van der Waals surface area contributed by atoms with Gasteiger partial charge in [0, 0.05) is 12.3 Å². The first-order valence-corrected chi connectivity index (χ1v) is 8.79. The lowest BCUT2D eigenvalue weighted by molar-refractivity contribution is -0.139. The van der Waals surface area contributed by atoms with Gasteiger partial charge in [-0.1, -0.05) is 43.7 Å². The van der Waals surface area contributed by atoms with Crippen LogP contribution in [0.1, 0.15) is 39.2 Å². The normalized spacial score (nSPS) is 13.1. The fourth-order valence-corrected chi connectivity index (χ4v) is 2.69. The molecule has 0 aromatic heterocycles. The fourth-order valence-electron chi connectivity index (χ4n) is 2.69. The maximum Gasteiger partial charge on any atom is 0.256 e. The molecule has 4 heteroatoms. The second-order valence-electron chi connectivity index (χ2n) is 6.17. The molecule has 0 radical (unpaired) electrons. The summed E-state index contributed by atoms with van der Waals surface area (Å²) in [6.45, 7) is 6.82. The first-order chi connectivity index (χ1) is 12.1. The molecule has 1 amide bonds. The van der Waals surface area contributed by atoms with Crippen LogP contribution in [-0.2, 0) is 16.1 Å². The van der Waals surface area contributed by atoms with Crippen molar-refractivity contribution >= 4 is 11.6 Å². The molecule has 0 spiro atoms. The van der Waals surface area contributed by atoms with Gasteiger partial charge < -0.3 is 14.8 Å². The molecule has 0 saturated carbocycles. The predicted octanol–water partition coefficient (Wildman–Crippen LogP) is 4.80. The average molecular weight is 341 g/mol. The molecule has 1 atom stereocenters. The number of hydrogen-bond donors (Lipinski definition) is 1. The number of carbonyl (C=O) groups is 1. The molecule has 4 nitrogen and oxygen atoms in total. The average Bonchev–Trinajstić information content (AvgIpc) is 2.62. The van der Waals surface area contributed by atoms with Crippen molar-refractivity contribution in [1.82, 2.24) is 0 Å². The van der Waals surface area contributed by atoms with E-state index in [0.717, 1.165) is 23.4 Å². The Morgan fingerprint density at radius 3 is 2.32 bits per heavy atom. The molecule has 0 aliphatic rings. The minimum absolute atomic E-state index is 0.117. The smallest absolute Gasteiger partial charge is 0.256 e. The SMILES string of the molecule is CCC[C@@](C)(OCC)C(=O)Nc1ccc(OCc2ccccc2)cc1. The van der Waals surface area contributed by atoms with Crippen molar-refractivity contribution in [2.45, 2.75) is 45.8 Å². The van der Waals surface area contributed by atoms with Crippen LogP contribution in [0, 0.1) is 0 Å². The summed E-state index contributed by atoms with van der Waals surface area (Å²) in [5.74, 6) is 0.650. The van der Waals surface area contributed by atoms with E-state index in [0.29, 0.717) is 19.6 Å². The number of nitrogens with one attached hydrogen (secondary N) is 1. The summed E-state index contributed by atoms with van der Waals surface area (Å²) in [4.78, 5) is 12.5. The summed E-state index contributed by atoms with van der Waals surface area (Å²) in [6, 6.07) is 17.4. The van der Waals surface area contributed by atoms with Crippen molar-refractivity contribution in [1.29, 1.82) is 0 Å². The lowest BCUT2D eigenvalue weighted by Crippen LogP contribution is -2.42. The summed E-state index contributed by atoms with van der Waals surface area (Å²) >= 11 is 0. The minimum Gasteiger partial charge on any atom is -0.489 e. The molecular formula is C21H27NO3. The molecule has 134 valence electrons. The van der Waals surface area contributed by atoms with Crippen LogP contribution in [0.3, 0.4) is 0 Å². The highest BCUT2D eigenvalue weighted by atomic mass is 16.5. The standard InChI is InChI=1S/C21H27NO3/c1-4-15-21(3,25-5-2)20(23)22-18-11-13-19(14-12-18)24-16-17-9-7-6-8-10-17/h6-14H,4-5,15-16H2,1-3H3,(H,22,23)/t21-/m1/s1. The number of anilines is 1. The Morgan fingerprint density at radius 1 is 1.04 bits per heavy atom. The lowest BCUT2D eigenvalue weighted by atomic mass is 9.99. The van der Waals surface area contributed by atoms with E-state index in [1.165, 1.54) is 0 Å². The van der Waals surface area contributed by atoms with Crippen LogP contribution in [0.5, 0.6) is 5.75 Å². The highest BCUT2D eigenvalue weighted by molar-refractivity contribution is 5.97. The number of ether oxygens (including phenoxy) is 2. The van der Waals surface area contributed by atoms with Crippen LogP contribution in [0.15, 0.2) is 54.6 Å². The predicted molar refractivity (Wildman–Crippen MR) is 101 cm³/mol. The number of benzene rings is 2. The highest BCUT2D eigenvalue weighted by Gasteiger charge is 2.32. The summed E-state index contributed by atoms with van der Waals surface area (Å²) < 4.78 is 11.4. The number of hydrogen-bond acceptors (Lipinski definition) is 3. The molecule has 1 N–H and O–H groups in total. The Bertz CT molecular complexity index is 647. The van der Waals surface area contributed by atoms with Gasteiger partial charge in [-0.3, -0.25) is 4.79 Å². The van der Waals surface area contributed by atoms with E-state index in [2.05, 4.69) is 5.32 Å². The number of carbonyl (C=O) groups excluding carboxylic acids is 1. The van der Waals surface area contributed by atoms with Gasteiger partial charge in [0.2, 0.25) is 0 Å². The Kier molecular flexibility index (Phi) is 7.02. The zero-order valence-corrected chi connectivity index (χ0v) is 15.2. The van der Waals surface area contributed by atoms with E-state index in [-0.39, 0.29) is 5.91 Å². The third-order valence-electron chi connectivity index (χ3n) is 4.03. The second-order valence-corrected chi connectivity index (χ2v) is 6.17. The van der Waals surface area contributed by atoms with Crippen LogP contribution in [-0.4, -0.2) is 18.1 Å². The van der Waals surface area contributed by atoms with Gasteiger partial charge in [-0.05, 0) is 50.1 Å². The third kappa shape index (κ3) is 5.61. The molecule has 0 aliphatic carbocycles. The van der Waals surface area contributed by atoms with Crippen LogP contribution >= 0.6 is 0 Å². The molecule has 25 heavy (non-hydrogen) atoms. The first kappa shape index (κ1) is 19.0. The zero-order chi connectivity index (χ0) is 18.1. The molecule has 2 rings (SSSR count). The van der Waals surface area contributed by atoms with E-state index in [4.69, 9.17) is 9.47 Å². The van der Waals surface area contributed by atoms with Crippen molar-refractivity contribution in [2.75, 3.05) is 11.9 Å². The van der Waals surface area contributed by atoms with Gasteiger partial charge in [0.25, 0.3) is 5.91 Å². The van der Waals surface area contributed by atoms with Crippen molar-refractivity contribution in [3.05, 3.63) is 60.2 Å². The summed E-state index contributed by atoms with van der Waals surface area (Å²) in [5, 5.41) is 2.93. The largest absolute Gasteiger partial charge is 0.489 e. The Labute approximate surface area is 150 Å². The molecule has 0 bridgehead atoms. The van der Waals surface area contributed by atoms with Gasteiger partial charge in [0.15, 0.2) is 0 Å². The Hall–Kier alpha value is -2.33. The topological polar surface area (TPSA) is 47.6 Å². The van der Waals surface area contributed by atoms with Gasteiger partial charge in [0.05, 0.1) is 0 Å². The third-order valence-corrected chi connectivity index (χ3v) is 4.03. The van der Waals surface area contributed by atoms with Gasteiger partial charge >= 0.3 is 0 Å². The van der Waals surface area contributed by atoms with Crippen LogP contribution in [0.2, 0.25) is 0 Å². The fraction of sp³-hybridized carbons (Fsp3) is 0.381. The molecule has 0 aliphatic heterocycles. The van der Waals surface area contributed by atoms with E-state index in [1.807, 2.05) is 75.4 Å². The number of rotatable bonds is 9. The van der Waals surface area contributed by atoms with Crippen molar-refractivity contribution < 1.29 is 14.3 Å². The molecule has 0 unspecified atom stereocenters. The Morgan fingerprint density at radius 2 is 1.72 bits per heavy atom. The van der Waals surface area contributed by atoms with Gasteiger partial charge in [-0.15, -0.1) is 0 Å². The quantitative estimate of drug-likeness (QED) is 0.713. The minimum atomic E-state index is -0.800. The molecule has 0 heterocycles. The van der Waals surface area contributed by atoms with E-state index in [9.17, 15) is 4.79 Å². The summed E-state index contributed by atoms with van der Waals surface area (Å²) in [7, 11) is 0.